The van der Waals surface area contributed by atoms with Gasteiger partial charge < -0.3 is 20.8 Å². The van der Waals surface area contributed by atoms with Gasteiger partial charge in [0.25, 0.3) is 30.4 Å². The zero-order valence-corrected chi connectivity index (χ0v) is 26.1. The number of aromatic hydroxyl groups is 2. The minimum absolute atomic E-state index is 0.0551. The van der Waals surface area contributed by atoms with Crippen LogP contribution in [0.25, 0.3) is 21.5 Å². The number of anilines is 2. The first-order valence-electron chi connectivity index (χ1n) is 12.9. The van der Waals surface area contributed by atoms with E-state index in [1.165, 1.54) is 49.4 Å². The van der Waals surface area contributed by atoms with Crippen molar-refractivity contribution in [2.75, 3.05) is 10.6 Å². The van der Waals surface area contributed by atoms with Gasteiger partial charge in [0.15, 0.2) is 5.75 Å². The van der Waals surface area contributed by atoms with E-state index in [0.717, 1.165) is 30.3 Å². The van der Waals surface area contributed by atoms with Crippen LogP contribution in [0.1, 0.15) is 5.56 Å². The standard InChI is InChI=1S/C28H22N4O12S3/c1-14-8-19(45(36,37)38)4-7-23(14)31-32-26-25(47(42,43)44)12-16-10-18(3-6-22(16)27(26)34)30-28(35)29-17-2-5-21-15(9-17)11-20(13-24(21)33)46(39,40)41/h2-13,33-34H,1H3,(H2,29,30,35)(H,36,37,38)(H,39,40,41)(H,42,43,44). The fourth-order valence-corrected chi connectivity index (χ4v) is 6.33. The maximum absolute atomic E-state index is 12.8. The van der Waals surface area contributed by atoms with Gasteiger partial charge in [-0.2, -0.15) is 30.4 Å². The number of carbonyl (C=O) groups is 1. The van der Waals surface area contributed by atoms with Crippen molar-refractivity contribution in [3.63, 3.8) is 0 Å². The third kappa shape index (κ3) is 7.14. The summed E-state index contributed by atoms with van der Waals surface area (Å²) in [4.78, 5) is 11.0. The molecule has 244 valence electrons. The lowest BCUT2D eigenvalue weighted by Crippen LogP contribution is -2.19. The van der Waals surface area contributed by atoms with Gasteiger partial charge in [0.05, 0.1) is 15.5 Å². The number of aryl methyl sites for hydroxylation is 1. The molecule has 0 saturated heterocycles. The Morgan fingerprint density at radius 2 is 1.21 bits per heavy atom. The monoisotopic (exact) mass is 702 g/mol. The normalized spacial score (nSPS) is 12.5. The van der Waals surface area contributed by atoms with Crippen LogP contribution < -0.4 is 10.6 Å². The smallest absolute Gasteiger partial charge is 0.323 e. The van der Waals surface area contributed by atoms with Crippen molar-refractivity contribution in [2.45, 2.75) is 21.6 Å². The van der Waals surface area contributed by atoms with Crippen LogP contribution >= 0.6 is 0 Å². The third-order valence-corrected chi connectivity index (χ3v) is 9.32. The van der Waals surface area contributed by atoms with Crippen LogP contribution in [0, 0.1) is 6.92 Å². The molecule has 19 heteroatoms. The number of phenolic OH excluding ortho intramolecular Hbond substituents is 2. The number of rotatable bonds is 7. The van der Waals surface area contributed by atoms with Gasteiger partial charge in [0, 0.05) is 28.2 Å². The summed E-state index contributed by atoms with van der Waals surface area (Å²) >= 11 is 0. The van der Waals surface area contributed by atoms with Crippen LogP contribution in [0.4, 0.5) is 27.5 Å². The van der Waals surface area contributed by atoms with Gasteiger partial charge in [-0.1, -0.05) is 0 Å². The van der Waals surface area contributed by atoms with Gasteiger partial charge in [0.2, 0.25) is 0 Å². The Labute approximate surface area is 266 Å². The molecule has 0 heterocycles. The molecule has 5 rings (SSSR count). The Balaban J connectivity index is 1.44. The number of phenols is 2. The summed E-state index contributed by atoms with van der Waals surface area (Å²) in [5, 5.41) is 34.3. The van der Waals surface area contributed by atoms with E-state index >= 15 is 0 Å². The van der Waals surface area contributed by atoms with Crippen molar-refractivity contribution in [1.29, 1.82) is 0 Å². The number of benzene rings is 5. The molecule has 0 aromatic heterocycles. The predicted octanol–water partition coefficient (Wildman–Crippen LogP) is 5.51. The van der Waals surface area contributed by atoms with E-state index in [1.54, 1.807) is 0 Å². The fraction of sp³-hybridized carbons (Fsp3) is 0.0357. The van der Waals surface area contributed by atoms with Gasteiger partial charge in [-0.15, -0.1) is 5.11 Å². The average Bonchev–Trinajstić information content (AvgIpc) is 2.95. The highest BCUT2D eigenvalue weighted by Gasteiger charge is 2.23. The van der Waals surface area contributed by atoms with Gasteiger partial charge in [-0.3, -0.25) is 13.7 Å². The second-order valence-electron chi connectivity index (χ2n) is 10.0. The molecule has 0 fully saturated rings. The van der Waals surface area contributed by atoms with E-state index in [9.17, 15) is 53.9 Å². The van der Waals surface area contributed by atoms with E-state index in [2.05, 4.69) is 20.9 Å². The Morgan fingerprint density at radius 3 is 1.77 bits per heavy atom. The van der Waals surface area contributed by atoms with Crippen LogP contribution in [0.15, 0.2) is 97.7 Å². The quantitative estimate of drug-likeness (QED) is 0.0817. The number of hydrogen-bond acceptors (Lipinski definition) is 11. The summed E-state index contributed by atoms with van der Waals surface area (Å²) in [6.07, 6.45) is 0. The molecule has 5 aromatic rings. The van der Waals surface area contributed by atoms with Gasteiger partial charge >= 0.3 is 6.03 Å². The molecule has 0 bridgehead atoms. The van der Waals surface area contributed by atoms with Gasteiger partial charge in [-0.05, 0) is 90.0 Å². The molecule has 7 N–H and O–H groups in total. The number of hydrogen-bond donors (Lipinski definition) is 7. The highest BCUT2D eigenvalue weighted by Crippen LogP contribution is 2.42. The van der Waals surface area contributed by atoms with E-state index in [1.807, 2.05) is 0 Å². The Morgan fingerprint density at radius 1 is 0.638 bits per heavy atom. The minimum Gasteiger partial charge on any atom is -0.507 e. The predicted molar refractivity (Wildman–Crippen MR) is 169 cm³/mol. The Kier molecular flexibility index (Phi) is 8.39. The van der Waals surface area contributed by atoms with E-state index in [-0.39, 0.29) is 44.2 Å². The first kappa shape index (κ1) is 33.2. The highest BCUT2D eigenvalue weighted by molar-refractivity contribution is 7.86. The Bertz CT molecular complexity index is 2500. The summed E-state index contributed by atoms with van der Waals surface area (Å²) in [6.45, 7) is 1.45. The van der Waals surface area contributed by atoms with Crippen molar-refractivity contribution in [3.05, 3.63) is 78.4 Å². The van der Waals surface area contributed by atoms with Gasteiger partial charge in [-0.25, -0.2) is 4.79 Å². The van der Waals surface area contributed by atoms with Crippen molar-refractivity contribution < 1.29 is 53.9 Å². The van der Waals surface area contributed by atoms with Crippen LogP contribution in [0.2, 0.25) is 0 Å². The summed E-state index contributed by atoms with van der Waals surface area (Å²) in [5.74, 6) is -1.10. The number of fused-ring (bicyclic) bond motifs is 2. The SMILES string of the molecule is Cc1cc(S(=O)(=O)O)ccc1N=Nc1c(S(=O)(=O)O)cc2cc(NC(=O)Nc3ccc4c(O)cc(S(=O)(=O)O)cc4c3)ccc2c1O. The third-order valence-electron chi connectivity index (χ3n) is 6.77. The molecule has 0 aliphatic carbocycles. The van der Waals surface area contributed by atoms with Crippen LogP contribution in [-0.4, -0.2) is 55.2 Å². The van der Waals surface area contributed by atoms with Crippen LogP contribution in [0.5, 0.6) is 11.5 Å². The summed E-state index contributed by atoms with van der Waals surface area (Å²) in [7, 11) is -14.1. The van der Waals surface area contributed by atoms with Crippen molar-refractivity contribution >= 4 is 80.7 Å². The zero-order chi connectivity index (χ0) is 34.5. The molecule has 0 aliphatic heterocycles. The first-order chi connectivity index (χ1) is 21.8. The van der Waals surface area contributed by atoms with E-state index < -0.39 is 68.3 Å². The average molecular weight is 703 g/mol. The lowest BCUT2D eigenvalue weighted by molar-refractivity contribution is 0.262. The maximum atomic E-state index is 12.8. The summed E-state index contributed by atoms with van der Waals surface area (Å²) in [5.41, 5.74) is -0.0446. The van der Waals surface area contributed by atoms with Crippen LogP contribution in [-0.2, 0) is 30.4 Å². The zero-order valence-electron chi connectivity index (χ0n) is 23.6. The Hall–Kier alpha value is -5.18. The molecular formula is C28H22N4O12S3. The number of carbonyl (C=O) groups excluding carboxylic acids is 1. The molecular weight excluding hydrogens is 681 g/mol. The topological polar surface area (TPSA) is 269 Å². The molecule has 47 heavy (non-hydrogen) atoms. The first-order valence-corrected chi connectivity index (χ1v) is 17.2. The molecule has 0 saturated carbocycles. The van der Waals surface area contributed by atoms with E-state index in [0.29, 0.717) is 0 Å². The molecule has 0 unspecified atom stereocenters. The number of nitrogens with one attached hydrogen (secondary N) is 2. The lowest BCUT2D eigenvalue weighted by atomic mass is 10.1. The second kappa shape index (κ2) is 11.9. The largest absolute Gasteiger partial charge is 0.507 e. The fourth-order valence-electron chi connectivity index (χ4n) is 4.57. The van der Waals surface area contributed by atoms with Gasteiger partial charge in [0.1, 0.15) is 16.3 Å². The molecule has 16 nitrogen and oxygen atoms in total. The number of amides is 2. The highest BCUT2D eigenvalue weighted by atomic mass is 32.2. The molecule has 5 aromatic carbocycles. The lowest BCUT2D eigenvalue weighted by Gasteiger charge is -2.12. The second-order valence-corrected chi connectivity index (χ2v) is 14.3. The van der Waals surface area contributed by atoms with Crippen molar-refractivity contribution in [2.24, 2.45) is 10.2 Å². The van der Waals surface area contributed by atoms with Crippen LogP contribution in [0.3, 0.4) is 0 Å². The maximum Gasteiger partial charge on any atom is 0.323 e. The molecule has 2 amide bonds. The van der Waals surface area contributed by atoms with Crippen molar-refractivity contribution in [3.8, 4) is 11.5 Å². The minimum atomic E-state index is -4.99. The molecule has 0 radical (unpaired) electrons. The number of azo groups is 1. The molecule has 0 spiro atoms. The summed E-state index contributed by atoms with van der Waals surface area (Å²) in [6, 6.07) is 13.7. The number of urea groups is 1. The number of nitrogens with zero attached hydrogens (tertiary/aromatic N) is 2. The molecule has 0 aliphatic rings. The summed E-state index contributed by atoms with van der Waals surface area (Å²) < 4.78 is 98.7. The van der Waals surface area contributed by atoms with E-state index in [4.69, 9.17) is 0 Å². The van der Waals surface area contributed by atoms with Crippen molar-refractivity contribution in [1.82, 2.24) is 0 Å². The molecule has 0 atom stereocenters.